The lowest BCUT2D eigenvalue weighted by Gasteiger charge is -2.18. The molecule has 0 unspecified atom stereocenters. The second-order valence-corrected chi connectivity index (χ2v) is 8.91. The topological polar surface area (TPSA) is 51.2 Å². The van der Waals surface area contributed by atoms with Crippen LogP contribution in [0.1, 0.15) is 30.4 Å². The monoisotopic (exact) mass is 324 g/mol. The van der Waals surface area contributed by atoms with Crippen molar-refractivity contribution in [1.82, 2.24) is 0 Å². The van der Waals surface area contributed by atoms with Crippen LogP contribution in [0.3, 0.4) is 0 Å². The van der Waals surface area contributed by atoms with E-state index in [4.69, 9.17) is 0 Å². The van der Waals surface area contributed by atoms with Crippen LogP contribution < -0.4 is 0 Å². The maximum absolute atomic E-state index is 11.8. The summed E-state index contributed by atoms with van der Waals surface area (Å²) in [6.07, 6.45) is 0. The molecule has 0 N–H and O–H groups in total. The molecule has 1 aromatic rings. The molecule has 0 aromatic carbocycles. The molecular formula is C10H13BrO3S2. The highest BCUT2D eigenvalue weighted by atomic mass is 79.9. The summed E-state index contributed by atoms with van der Waals surface area (Å²) in [7, 11) is -3.40. The Morgan fingerprint density at radius 3 is 2.38 bits per heavy atom. The SMILES string of the molecule is CC(C)(C)S(=O)(=O)CC(=O)c1sccc1Br. The van der Waals surface area contributed by atoms with Crippen LogP contribution in [0.25, 0.3) is 0 Å². The number of hydrogen-bond donors (Lipinski definition) is 0. The average molecular weight is 325 g/mol. The Hall–Kier alpha value is -0.200. The van der Waals surface area contributed by atoms with Crippen LogP contribution in [-0.2, 0) is 9.84 Å². The van der Waals surface area contributed by atoms with Gasteiger partial charge in [-0.2, -0.15) is 0 Å². The Kier molecular flexibility index (Phi) is 3.97. The number of sulfone groups is 1. The predicted octanol–water partition coefficient (Wildman–Crippen LogP) is 2.91. The predicted molar refractivity (Wildman–Crippen MR) is 69.9 cm³/mol. The van der Waals surface area contributed by atoms with Gasteiger partial charge in [-0.25, -0.2) is 8.42 Å². The van der Waals surface area contributed by atoms with E-state index < -0.39 is 20.3 Å². The van der Waals surface area contributed by atoms with Crippen molar-refractivity contribution < 1.29 is 13.2 Å². The first-order valence-electron chi connectivity index (χ1n) is 4.63. The maximum atomic E-state index is 11.8. The second kappa shape index (κ2) is 4.58. The molecule has 0 amide bonds. The molecule has 0 bridgehead atoms. The van der Waals surface area contributed by atoms with Gasteiger partial charge in [-0.1, -0.05) is 0 Å². The number of carbonyl (C=O) groups excluding carboxylic acids is 1. The van der Waals surface area contributed by atoms with E-state index in [1.807, 2.05) is 0 Å². The molecule has 6 heteroatoms. The zero-order valence-corrected chi connectivity index (χ0v) is 12.5. The van der Waals surface area contributed by atoms with E-state index in [1.54, 1.807) is 32.2 Å². The summed E-state index contributed by atoms with van der Waals surface area (Å²) in [6, 6.07) is 1.74. The number of halogens is 1. The molecule has 1 aromatic heterocycles. The average Bonchev–Trinajstić information content (AvgIpc) is 2.48. The molecule has 0 radical (unpaired) electrons. The molecule has 1 rings (SSSR count). The van der Waals surface area contributed by atoms with Crippen molar-refractivity contribution in [3.8, 4) is 0 Å². The summed E-state index contributed by atoms with van der Waals surface area (Å²) < 4.78 is 23.4. The van der Waals surface area contributed by atoms with Gasteiger partial charge in [-0.05, 0) is 48.1 Å². The van der Waals surface area contributed by atoms with Crippen LogP contribution in [0.15, 0.2) is 15.9 Å². The molecule has 0 saturated carbocycles. The van der Waals surface area contributed by atoms with Crippen LogP contribution >= 0.6 is 27.3 Å². The third-order valence-electron chi connectivity index (χ3n) is 2.12. The van der Waals surface area contributed by atoms with Gasteiger partial charge in [0.15, 0.2) is 15.6 Å². The number of Topliss-reactive ketones (excluding diaryl/α,β-unsaturated/α-hetero) is 1. The maximum Gasteiger partial charge on any atom is 0.188 e. The minimum atomic E-state index is -3.40. The summed E-state index contributed by atoms with van der Waals surface area (Å²) in [5, 5.41) is 1.75. The molecule has 0 aliphatic rings. The highest BCUT2D eigenvalue weighted by Crippen LogP contribution is 2.25. The summed E-state index contributed by atoms with van der Waals surface area (Å²) in [5.41, 5.74) is 0. The molecule has 0 fully saturated rings. The Bertz CT molecular complexity index is 494. The lowest BCUT2D eigenvalue weighted by molar-refractivity contribution is 0.102. The first kappa shape index (κ1) is 13.9. The van der Waals surface area contributed by atoms with Gasteiger partial charge >= 0.3 is 0 Å². The Labute approximate surface area is 108 Å². The van der Waals surface area contributed by atoms with Gasteiger partial charge < -0.3 is 0 Å². The van der Waals surface area contributed by atoms with Crippen LogP contribution in [-0.4, -0.2) is 24.7 Å². The van der Waals surface area contributed by atoms with Crippen molar-refractivity contribution in [2.24, 2.45) is 0 Å². The molecule has 0 aliphatic carbocycles. The Morgan fingerprint density at radius 1 is 1.44 bits per heavy atom. The number of ketones is 1. The molecular weight excluding hydrogens is 312 g/mol. The van der Waals surface area contributed by atoms with Gasteiger partial charge in [-0.15, -0.1) is 11.3 Å². The van der Waals surface area contributed by atoms with Crippen LogP contribution in [0.4, 0.5) is 0 Å². The number of carbonyl (C=O) groups is 1. The zero-order chi connectivity index (χ0) is 12.6. The second-order valence-electron chi connectivity index (χ2n) is 4.39. The Balaban J connectivity index is 2.94. The minimum absolute atomic E-state index is 0.350. The van der Waals surface area contributed by atoms with Crippen molar-refractivity contribution in [3.05, 3.63) is 20.8 Å². The standard InChI is InChI=1S/C10H13BrO3S2/c1-10(2,3)16(13,14)6-8(12)9-7(11)4-5-15-9/h4-5H,6H2,1-3H3. The van der Waals surface area contributed by atoms with Crippen LogP contribution in [0.2, 0.25) is 0 Å². The van der Waals surface area contributed by atoms with Gasteiger partial charge in [0.05, 0.1) is 9.62 Å². The highest BCUT2D eigenvalue weighted by molar-refractivity contribution is 9.10. The first-order chi connectivity index (χ1) is 7.15. The summed E-state index contributed by atoms with van der Waals surface area (Å²) in [4.78, 5) is 12.3. The van der Waals surface area contributed by atoms with Crippen LogP contribution in [0.5, 0.6) is 0 Å². The van der Waals surface area contributed by atoms with Gasteiger partial charge in [0, 0.05) is 4.47 Å². The summed E-state index contributed by atoms with van der Waals surface area (Å²) >= 11 is 4.47. The molecule has 0 saturated heterocycles. The van der Waals surface area contributed by atoms with Crippen molar-refractivity contribution in [2.45, 2.75) is 25.5 Å². The number of rotatable bonds is 3. The smallest absolute Gasteiger partial charge is 0.188 e. The van der Waals surface area contributed by atoms with E-state index in [2.05, 4.69) is 15.9 Å². The quantitative estimate of drug-likeness (QED) is 0.803. The van der Waals surface area contributed by atoms with Gasteiger partial charge in [-0.3, -0.25) is 4.79 Å². The fraction of sp³-hybridized carbons (Fsp3) is 0.500. The van der Waals surface area contributed by atoms with E-state index >= 15 is 0 Å². The molecule has 0 atom stereocenters. The lowest BCUT2D eigenvalue weighted by atomic mass is 10.3. The van der Waals surface area contributed by atoms with Crippen molar-refractivity contribution in [2.75, 3.05) is 5.75 Å². The number of hydrogen-bond acceptors (Lipinski definition) is 4. The molecule has 1 heterocycles. The minimum Gasteiger partial charge on any atom is -0.292 e. The molecule has 90 valence electrons. The zero-order valence-electron chi connectivity index (χ0n) is 9.28. The molecule has 16 heavy (non-hydrogen) atoms. The van der Waals surface area contributed by atoms with Gasteiger partial charge in [0.25, 0.3) is 0 Å². The lowest BCUT2D eigenvalue weighted by Crippen LogP contribution is -2.33. The van der Waals surface area contributed by atoms with Crippen molar-refractivity contribution in [3.63, 3.8) is 0 Å². The third kappa shape index (κ3) is 2.93. The Morgan fingerprint density at radius 2 is 2.00 bits per heavy atom. The molecule has 0 spiro atoms. The summed E-state index contributed by atoms with van der Waals surface area (Å²) in [5.74, 6) is -0.785. The van der Waals surface area contributed by atoms with E-state index in [9.17, 15) is 13.2 Å². The van der Waals surface area contributed by atoms with E-state index in [0.717, 1.165) is 0 Å². The van der Waals surface area contributed by atoms with E-state index in [1.165, 1.54) is 11.3 Å². The fourth-order valence-corrected chi connectivity index (χ4v) is 3.49. The van der Waals surface area contributed by atoms with Crippen molar-refractivity contribution in [1.29, 1.82) is 0 Å². The van der Waals surface area contributed by atoms with Gasteiger partial charge in [0.2, 0.25) is 0 Å². The highest BCUT2D eigenvalue weighted by Gasteiger charge is 2.32. The molecule has 0 aliphatic heterocycles. The van der Waals surface area contributed by atoms with Gasteiger partial charge in [0.1, 0.15) is 5.75 Å². The largest absolute Gasteiger partial charge is 0.292 e. The fourth-order valence-electron chi connectivity index (χ4n) is 0.947. The summed E-state index contributed by atoms with van der Waals surface area (Å²) in [6.45, 7) is 4.79. The molecule has 3 nitrogen and oxygen atoms in total. The first-order valence-corrected chi connectivity index (χ1v) is 7.96. The van der Waals surface area contributed by atoms with E-state index in [-0.39, 0.29) is 5.78 Å². The van der Waals surface area contributed by atoms with E-state index in [0.29, 0.717) is 9.35 Å². The van der Waals surface area contributed by atoms with Crippen LogP contribution in [0, 0.1) is 0 Å². The number of thiophene rings is 1. The normalized spacial score (nSPS) is 12.8. The van der Waals surface area contributed by atoms with Crippen molar-refractivity contribution >= 4 is 42.9 Å². The third-order valence-corrected chi connectivity index (χ3v) is 6.51.